The van der Waals surface area contributed by atoms with Crippen molar-refractivity contribution < 1.29 is 0 Å². The third kappa shape index (κ3) is 2.52. The molecule has 0 saturated carbocycles. The molecule has 2 heterocycles. The van der Waals surface area contributed by atoms with Crippen molar-refractivity contribution in [2.75, 3.05) is 0 Å². The Balaban J connectivity index is 0.000000531. The molecule has 0 aromatic carbocycles. The lowest BCUT2D eigenvalue weighted by atomic mass is 10.1. The van der Waals surface area contributed by atoms with Gasteiger partial charge in [-0.05, 0) is 37.1 Å². The van der Waals surface area contributed by atoms with Crippen molar-refractivity contribution in [1.29, 1.82) is 0 Å². The first-order chi connectivity index (χ1) is 7.31. The van der Waals surface area contributed by atoms with Crippen molar-refractivity contribution in [3.05, 3.63) is 35.7 Å². The summed E-state index contributed by atoms with van der Waals surface area (Å²) in [6.45, 7) is 8.18. The number of hydrogen-bond acceptors (Lipinski definition) is 2. The minimum Gasteiger partial charge on any atom is -0.255 e. The molecule has 0 fully saturated rings. The van der Waals surface area contributed by atoms with Crippen molar-refractivity contribution in [2.24, 2.45) is 0 Å². The summed E-state index contributed by atoms with van der Waals surface area (Å²) < 4.78 is 0. The van der Waals surface area contributed by atoms with Crippen LogP contribution >= 0.6 is 0 Å². The molecular weight excluding hydrogens is 184 g/mol. The molecule has 80 valence electrons. The Morgan fingerprint density at radius 1 is 1.20 bits per heavy atom. The Bertz CT molecular complexity index is 435. The Morgan fingerprint density at radius 2 is 1.93 bits per heavy atom. The van der Waals surface area contributed by atoms with Gasteiger partial charge in [0.05, 0.1) is 11.0 Å². The van der Waals surface area contributed by atoms with E-state index in [2.05, 4.69) is 23.0 Å². The maximum Gasteiger partial charge on any atom is 0.0890 e. The van der Waals surface area contributed by atoms with E-state index in [4.69, 9.17) is 0 Å². The fraction of sp³-hybridized carbons (Fsp3) is 0.385. The van der Waals surface area contributed by atoms with Crippen LogP contribution in [0, 0.1) is 6.92 Å². The van der Waals surface area contributed by atoms with Gasteiger partial charge in [0.25, 0.3) is 0 Å². The standard InChI is InChI=1S/C11H12N2.C2H6/c1-3-9-7-11-10(13-8(9)2)5-4-6-12-11;1-2/h4-7H,3H2,1-2H3;1-2H3. The minimum absolute atomic E-state index is 0.984. The summed E-state index contributed by atoms with van der Waals surface area (Å²) >= 11 is 0. The highest BCUT2D eigenvalue weighted by Crippen LogP contribution is 2.13. The first-order valence-electron chi connectivity index (χ1n) is 5.52. The summed E-state index contributed by atoms with van der Waals surface area (Å²) in [6.07, 6.45) is 2.82. The molecule has 2 aromatic heterocycles. The van der Waals surface area contributed by atoms with Gasteiger partial charge in [-0.3, -0.25) is 9.97 Å². The van der Waals surface area contributed by atoms with Crippen LogP contribution < -0.4 is 0 Å². The minimum atomic E-state index is 0.984. The SMILES string of the molecule is CC.CCc1cc2ncccc2nc1C. The van der Waals surface area contributed by atoms with Crippen LogP contribution in [-0.4, -0.2) is 9.97 Å². The van der Waals surface area contributed by atoms with Gasteiger partial charge in [-0.1, -0.05) is 20.8 Å². The van der Waals surface area contributed by atoms with E-state index in [1.807, 2.05) is 32.9 Å². The molecule has 2 heteroatoms. The second kappa shape index (κ2) is 5.44. The van der Waals surface area contributed by atoms with Crippen LogP contribution in [0.25, 0.3) is 11.0 Å². The van der Waals surface area contributed by atoms with Crippen LogP contribution in [0.4, 0.5) is 0 Å². The quantitative estimate of drug-likeness (QED) is 0.707. The highest BCUT2D eigenvalue weighted by Gasteiger charge is 2.00. The Hall–Kier alpha value is -1.44. The Kier molecular flexibility index (Phi) is 4.22. The predicted molar refractivity (Wildman–Crippen MR) is 65.0 cm³/mol. The first kappa shape index (κ1) is 11.6. The Labute approximate surface area is 91.4 Å². The van der Waals surface area contributed by atoms with Gasteiger partial charge in [-0.15, -0.1) is 0 Å². The predicted octanol–water partition coefficient (Wildman–Crippen LogP) is 3.53. The third-order valence-corrected chi connectivity index (χ3v) is 2.26. The molecule has 0 N–H and O–H groups in total. The van der Waals surface area contributed by atoms with Crippen LogP contribution in [0.2, 0.25) is 0 Å². The average Bonchev–Trinajstić information content (AvgIpc) is 2.31. The molecule has 0 atom stereocenters. The number of aryl methyl sites for hydroxylation is 2. The van der Waals surface area contributed by atoms with E-state index in [0.29, 0.717) is 0 Å². The van der Waals surface area contributed by atoms with E-state index < -0.39 is 0 Å². The van der Waals surface area contributed by atoms with Gasteiger partial charge in [0, 0.05) is 11.9 Å². The highest BCUT2D eigenvalue weighted by atomic mass is 14.8. The normalized spacial score (nSPS) is 9.60. The number of nitrogens with zero attached hydrogens (tertiary/aromatic N) is 2. The molecule has 0 spiro atoms. The number of rotatable bonds is 1. The van der Waals surface area contributed by atoms with E-state index in [-0.39, 0.29) is 0 Å². The molecule has 15 heavy (non-hydrogen) atoms. The van der Waals surface area contributed by atoms with Crippen molar-refractivity contribution in [2.45, 2.75) is 34.1 Å². The topological polar surface area (TPSA) is 25.8 Å². The number of fused-ring (bicyclic) bond motifs is 1. The van der Waals surface area contributed by atoms with Gasteiger partial charge in [-0.25, -0.2) is 0 Å². The fourth-order valence-electron chi connectivity index (χ4n) is 1.49. The number of aromatic nitrogens is 2. The van der Waals surface area contributed by atoms with E-state index in [0.717, 1.165) is 23.1 Å². The number of hydrogen-bond donors (Lipinski definition) is 0. The largest absolute Gasteiger partial charge is 0.255 e. The monoisotopic (exact) mass is 202 g/mol. The lowest BCUT2D eigenvalue weighted by molar-refractivity contribution is 1.06. The van der Waals surface area contributed by atoms with Crippen LogP contribution in [0.3, 0.4) is 0 Å². The van der Waals surface area contributed by atoms with Gasteiger partial charge in [-0.2, -0.15) is 0 Å². The summed E-state index contributed by atoms with van der Waals surface area (Å²) in [5, 5.41) is 0. The summed E-state index contributed by atoms with van der Waals surface area (Å²) in [6, 6.07) is 6.03. The van der Waals surface area contributed by atoms with Crippen LogP contribution in [-0.2, 0) is 6.42 Å². The fourth-order valence-corrected chi connectivity index (χ4v) is 1.49. The van der Waals surface area contributed by atoms with Gasteiger partial charge in [0.15, 0.2) is 0 Å². The summed E-state index contributed by atoms with van der Waals surface area (Å²) in [7, 11) is 0. The van der Waals surface area contributed by atoms with E-state index in [1.54, 1.807) is 6.20 Å². The molecule has 2 aromatic rings. The second-order valence-corrected chi connectivity index (χ2v) is 3.13. The molecule has 0 aliphatic heterocycles. The lowest BCUT2D eigenvalue weighted by Gasteiger charge is -2.03. The molecule has 0 saturated heterocycles. The Morgan fingerprint density at radius 3 is 2.60 bits per heavy atom. The lowest BCUT2D eigenvalue weighted by Crippen LogP contribution is -1.92. The molecule has 0 radical (unpaired) electrons. The average molecular weight is 202 g/mol. The van der Waals surface area contributed by atoms with Crippen molar-refractivity contribution in [3.8, 4) is 0 Å². The maximum atomic E-state index is 4.48. The molecule has 0 unspecified atom stereocenters. The van der Waals surface area contributed by atoms with Crippen LogP contribution in [0.1, 0.15) is 32.0 Å². The molecule has 0 amide bonds. The van der Waals surface area contributed by atoms with Crippen LogP contribution in [0.15, 0.2) is 24.4 Å². The zero-order chi connectivity index (χ0) is 11.3. The van der Waals surface area contributed by atoms with Crippen molar-refractivity contribution >= 4 is 11.0 Å². The summed E-state index contributed by atoms with van der Waals surface area (Å²) in [5.74, 6) is 0. The van der Waals surface area contributed by atoms with E-state index in [1.165, 1.54) is 5.56 Å². The first-order valence-corrected chi connectivity index (χ1v) is 5.52. The van der Waals surface area contributed by atoms with Crippen LogP contribution in [0.5, 0.6) is 0 Å². The molecule has 0 aliphatic carbocycles. The summed E-state index contributed by atoms with van der Waals surface area (Å²) in [4.78, 5) is 8.75. The molecular formula is C13H18N2. The third-order valence-electron chi connectivity index (χ3n) is 2.26. The molecule has 2 rings (SSSR count). The molecule has 2 nitrogen and oxygen atoms in total. The second-order valence-electron chi connectivity index (χ2n) is 3.13. The maximum absolute atomic E-state index is 4.48. The molecule has 0 bridgehead atoms. The van der Waals surface area contributed by atoms with E-state index >= 15 is 0 Å². The number of pyridine rings is 2. The smallest absolute Gasteiger partial charge is 0.0890 e. The van der Waals surface area contributed by atoms with Crippen molar-refractivity contribution in [3.63, 3.8) is 0 Å². The van der Waals surface area contributed by atoms with Gasteiger partial charge in [0.2, 0.25) is 0 Å². The zero-order valence-electron chi connectivity index (χ0n) is 9.91. The van der Waals surface area contributed by atoms with Crippen molar-refractivity contribution in [1.82, 2.24) is 9.97 Å². The van der Waals surface area contributed by atoms with Gasteiger partial charge >= 0.3 is 0 Å². The van der Waals surface area contributed by atoms with E-state index in [9.17, 15) is 0 Å². The van der Waals surface area contributed by atoms with Gasteiger partial charge < -0.3 is 0 Å². The molecule has 0 aliphatic rings. The zero-order valence-corrected chi connectivity index (χ0v) is 9.91. The van der Waals surface area contributed by atoms with Gasteiger partial charge in [0.1, 0.15) is 0 Å². The summed E-state index contributed by atoms with van der Waals surface area (Å²) in [5.41, 5.74) is 4.37. The highest BCUT2D eigenvalue weighted by molar-refractivity contribution is 5.74.